The van der Waals surface area contributed by atoms with Gasteiger partial charge in [0.2, 0.25) is 0 Å². The summed E-state index contributed by atoms with van der Waals surface area (Å²) in [6.07, 6.45) is -4.49. The Labute approximate surface area is 144 Å². The van der Waals surface area contributed by atoms with Gasteiger partial charge in [-0.25, -0.2) is 4.79 Å². The van der Waals surface area contributed by atoms with Crippen LogP contribution in [-0.2, 0) is 16.4 Å². The van der Waals surface area contributed by atoms with E-state index in [0.29, 0.717) is 0 Å². The summed E-state index contributed by atoms with van der Waals surface area (Å²) in [5.74, 6) is 0. The number of amides is 2. The molecule has 0 spiro atoms. The van der Waals surface area contributed by atoms with Crippen LogP contribution in [0.1, 0.15) is 5.56 Å². The number of alkyl halides is 3. The lowest BCUT2D eigenvalue weighted by Crippen LogP contribution is -2.53. The molecule has 7 nitrogen and oxygen atoms in total. The molecule has 1 N–H and O–H groups in total. The minimum Gasteiger partial charge on any atom is -0.322 e. The average Bonchev–Trinajstić information content (AvgIpc) is 2.54. The maximum atomic E-state index is 12.7. The molecular weight excluding hydrogens is 361 g/mol. The van der Waals surface area contributed by atoms with Gasteiger partial charge in [-0.15, -0.1) is 0 Å². The summed E-state index contributed by atoms with van der Waals surface area (Å²) in [6, 6.07) is 3.77. The molecule has 1 fully saturated rings. The number of anilines is 1. The summed E-state index contributed by atoms with van der Waals surface area (Å²) in [5.41, 5.74) is -0.824. The second-order valence-corrected chi connectivity index (χ2v) is 7.83. The largest absolute Gasteiger partial charge is 0.416 e. The van der Waals surface area contributed by atoms with Crippen molar-refractivity contribution in [2.45, 2.75) is 6.18 Å². The lowest BCUT2D eigenvalue weighted by Gasteiger charge is -2.35. The first kappa shape index (κ1) is 19.5. The van der Waals surface area contributed by atoms with E-state index in [9.17, 15) is 26.4 Å². The minimum absolute atomic E-state index is 0.0307. The molecular formula is C14H19F3N4O3S. The topological polar surface area (TPSA) is 73.0 Å². The Morgan fingerprint density at radius 3 is 2.28 bits per heavy atom. The van der Waals surface area contributed by atoms with Crippen molar-refractivity contribution in [1.82, 2.24) is 13.5 Å². The highest BCUT2D eigenvalue weighted by Crippen LogP contribution is 2.30. The van der Waals surface area contributed by atoms with Gasteiger partial charge in [-0.05, 0) is 18.2 Å². The van der Waals surface area contributed by atoms with Crippen molar-refractivity contribution in [3.8, 4) is 0 Å². The van der Waals surface area contributed by atoms with Crippen LogP contribution in [0.4, 0.5) is 23.7 Å². The fourth-order valence-electron chi connectivity index (χ4n) is 2.33. The SMILES string of the molecule is CN(C)S(=O)(=O)N1CCN(C(=O)Nc2cccc(C(F)(F)F)c2)CC1. The lowest BCUT2D eigenvalue weighted by molar-refractivity contribution is -0.137. The number of urea groups is 1. The van der Waals surface area contributed by atoms with E-state index in [1.165, 1.54) is 35.4 Å². The Morgan fingerprint density at radius 1 is 1.16 bits per heavy atom. The molecule has 0 radical (unpaired) electrons. The minimum atomic E-state index is -4.49. The molecule has 2 rings (SSSR count). The number of halogens is 3. The third-order valence-corrected chi connectivity index (χ3v) is 5.70. The Balaban J connectivity index is 1.98. The molecule has 0 bridgehead atoms. The van der Waals surface area contributed by atoms with E-state index in [4.69, 9.17) is 0 Å². The summed E-state index contributed by atoms with van der Waals surface area (Å²) >= 11 is 0. The zero-order chi connectivity index (χ0) is 18.8. The summed E-state index contributed by atoms with van der Waals surface area (Å²) in [4.78, 5) is 13.5. The third kappa shape index (κ3) is 4.61. The number of rotatable bonds is 3. The van der Waals surface area contributed by atoms with Crippen LogP contribution in [0, 0.1) is 0 Å². The summed E-state index contributed by atoms with van der Waals surface area (Å²) < 4.78 is 64.4. The standard InChI is InChI=1S/C14H19F3N4O3S/c1-19(2)25(23,24)21-8-6-20(7-9-21)13(22)18-12-5-3-4-11(10-12)14(15,16)17/h3-5,10H,6-9H2,1-2H3,(H,18,22). The van der Waals surface area contributed by atoms with Gasteiger partial charge >= 0.3 is 12.2 Å². The Morgan fingerprint density at radius 2 is 1.76 bits per heavy atom. The molecule has 1 aromatic rings. The molecule has 1 saturated heterocycles. The molecule has 1 aliphatic rings. The number of benzene rings is 1. The lowest BCUT2D eigenvalue weighted by atomic mass is 10.2. The second kappa shape index (κ2) is 7.18. The van der Waals surface area contributed by atoms with Gasteiger partial charge < -0.3 is 10.2 Å². The van der Waals surface area contributed by atoms with Crippen molar-refractivity contribution >= 4 is 21.9 Å². The first-order valence-electron chi connectivity index (χ1n) is 7.42. The van der Waals surface area contributed by atoms with Crippen molar-refractivity contribution in [3.05, 3.63) is 29.8 Å². The fraction of sp³-hybridized carbons (Fsp3) is 0.500. The van der Waals surface area contributed by atoms with Gasteiger partial charge in [0.1, 0.15) is 0 Å². The highest BCUT2D eigenvalue weighted by atomic mass is 32.2. The molecule has 1 aliphatic heterocycles. The highest BCUT2D eigenvalue weighted by Gasteiger charge is 2.32. The smallest absolute Gasteiger partial charge is 0.322 e. The number of nitrogens with zero attached hydrogens (tertiary/aromatic N) is 3. The third-order valence-electron chi connectivity index (χ3n) is 3.75. The summed E-state index contributed by atoms with van der Waals surface area (Å²) in [7, 11) is -0.709. The van der Waals surface area contributed by atoms with Crippen molar-refractivity contribution in [2.75, 3.05) is 45.6 Å². The predicted octanol–water partition coefficient (Wildman–Crippen LogP) is 1.66. The van der Waals surface area contributed by atoms with Crippen LogP contribution >= 0.6 is 0 Å². The quantitative estimate of drug-likeness (QED) is 0.867. The molecule has 0 atom stereocenters. The molecule has 11 heteroatoms. The van der Waals surface area contributed by atoms with Crippen molar-refractivity contribution < 1.29 is 26.4 Å². The average molecular weight is 380 g/mol. The van der Waals surface area contributed by atoms with E-state index in [1.807, 2.05) is 0 Å². The zero-order valence-electron chi connectivity index (χ0n) is 13.7. The molecule has 2 amide bonds. The Kier molecular flexibility index (Phi) is 5.59. The van der Waals surface area contributed by atoms with E-state index in [-0.39, 0.29) is 31.9 Å². The summed E-state index contributed by atoms with van der Waals surface area (Å²) in [5, 5.41) is 2.41. The first-order valence-corrected chi connectivity index (χ1v) is 8.82. The molecule has 140 valence electrons. The van der Waals surface area contributed by atoms with Crippen LogP contribution < -0.4 is 5.32 Å². The van der Waals surface area contributed by atoms with Gasteiger partial charge in [-0.2, -0.15) is 30.2 Å². The molecule has 0 unspecified atom stereocenters. The molecule has 1 heterocycles. The van der Waals surface area contributed by atoms with Crippen LogP contribution in [0.2, 0.25) is 0 Å². The van der Waals surface area contributed by atoms with E-state index in [1.54, 1.807) is 0 Å². The Hall–Kier alpha value is -1.85. The van der Waals surface area contributed by atoms with Gasteiger partial charge in [-0.3, -0.25) is 0 Å². The maximum absolute atomic E-state index is 12.7. The van der Waals surface area contributed by atoms with Crippen LogP contribution in [0.15, 0.2) is 24.3 Å². The number of carbonyl (C=O) groups is 1. The molecule has 0 aromatic heterocycles. The van der Waals surface area contributed by atoms with Crippen LogP contribution in [-0.4, -0.2) is 68.2 Å². The number of nitrogens with one attached hydrogen (secondary N) is 1. The number of hydrogen-bond donors (Lipinski definition) is 1. The normalized spacial score (nSPS) is 17.0. The van der Waals surface area contributed by atoms with Gasteiger partial charge in [0.15, 0.2) is 0 Å². The predicted molar refractivity (Wildman–Crippen MR) is 86.2 cm³/mol. The van der Waals surface area contributed by atoms with Crippen LogP contribution in [0.25, 0.3) is 0 Å². The van der Waals surface area contributed by atoms with E-state index >= 15 is 0 Å². The number of hydrogen-bond acceptors (Lipinski definition) is 3. The number of carbonyl (C=O) groups excluding carboxylic acids is 1. The van der Waals surface area contributed by atoms with Gasteiger partial charge in [0.05, 0.1) is 5.56 Å². The first-order chi connectivity index (χ1) is 11.5. The molecule has 0 aliphatic carbocycles. The maximum Gasteiger partial charge on any atom is 0.416 e. The highest BCUT2D eigenvalue weighted by molar-refractivity contribution is 7.86. The monoisotopic (exact) mass is 380 g/mol. The number of piperazine rings is 1. The van der Waals surface area contributed by atoms with Crippen molar-refractivity contribution in [2.24, 2.45) is 0 Å². The fourth-order valence-corrected chi connectivity index (χ4v) is 3.42. The van der Waals surface area contributed by atoms with Crippen molar-refractivity contribution in [1.29, 1.82) is 0 Å². The van der Waals surface area contributed by atoms with Crippen molar-refractivity contribution in [3.63, 3.8) is 0 Å². The molecule has 25 heavy (non-hydrogen) atoms. The van der Waals surface area contributed by atoms with Gasteiger partial charge in [-0.1, -0.05) is 6.07 Å². The van der Waals surface area contributed by atoms with Crippen LogP contribution in [0.3, 0.4) is 0 Å². The molecule has 1 aromatic carbocycles. The van der Waals surface area contributed by atoms with Gasteiger partial charge in [0.25, 0.3) is 10.2 Å². The molecule has 0 saturated carbocycles. The summed E-state index contributed by atoms with van der Waals surface area (Å²) in [6.45, 7) is 0.544. The van der Waals surface area contributed by atoms with Gasteiger partial charge in [0, 0.05) is 46.0 Å². The Bertz CT molecular complexity index is 729. The second-order valence-electron chi connectivity index (χ2n) is 5.68. The zero-order valence-corrected chi connectivity index (χ0v) is 14.6. The van der Waals surface area contributed by atoms with E-state index in [2.05, 4.69) is 5.32 Å². The van der Waals surface area contributed by atoms with Crippen LogP contribution in [0.5, 0.6) is 0 Å². The van der Waals surface area contributed by atoms with E-state index in [0.717, 1.165) is 16.4 Å². The van der Waals surface area contributed by atoms with E-state index < -0.39 is 28.0 Å².